The summed E-state index contributed by atoms with van der Waals surface area (Å²) in [6.07, 6.45) is 11.6. The number of hydrogen-bond donors (Lipinski definition) is 0. The number of carbonyl (C=O) groups is 1. The maximum atomic E-state index is 13.0. The number of aromatic nitrogens is 2. The molecule has 2 aromatic heterocycles. The first-order valence-corrected chi connectivity index (χ1v) is 23.6. The average molecular weight is 801 g/mol. The van der Waals surface area contributed by atoms with Gasteiger partial charge in [-0.2, -0.15) is 0 Å². The van der Waals surface area contributed by atoms with Crippen LogP contribution < -0.4 is 0 Å². The van der Waals surface area contributed by atoms with Crippen LogP contribution in [-0.4, -0.2) is 67.3 Å². The van der Waals surface area contributed by atoms with Gasteiger partial charge in [-0.05, 0) is 67.6 Å². The van der Waals surface area contributed by atoms with E-state index in [1.165, 1.54) is 0 Å². The highest BCUT2D eigenvalue weighted by molar-refractivity contribution is 6.74. The molecule has 0 radical (unpaired) electrons. The van der Waals surface area contributed by atoms with Crippen LogP contribution in [0.1, 0.15) is 115 Å². The largest absolute Gasteiger partial charge is 0.449 e. The van der Waals surface area contributed by atoms with Gasteiger partial charge in [-0.15, -0.1) is 0 Å². The zero-order valence-corrected chi connectivity index (χ0v) is 36.5. The maximum absolute atomic E-state index is 13.0. The molecule has 3 aliphatic rings. The van der Waals surface area contributed by atoms with Gasteiger partial charge in [0, 0.05) is 38.0 Å². The van der Waals surface area contributed by atoms with Crippen molar-refractivity contribution < 1.29 is 37.0 Å². The van der Waals surface area contributed by atoms with E-state index in [9.17, 15) is 4.79 Å². The van der Waals surface area contributed by atoms with Crippen LogP contribution in [-0.2, 0) is 34.8 Å². The molecule has 3 aromatic rings. The molecule has 5 heterocycles. The lowest BCUT2D eigenvalue weighted by atomic mass is 9.79. The van der Waals surface area contributed by atoms with Crippen molar-refractivity contribution >= 4 is 26.3 Å². The van der Waals surface area contributed by atoms with E-state index in [1.807, 2.05) is 31.2 Å². The van der Waals surface area contributed by atoms with E-state index in [0.29, 0.717) is 50.0 Å². The highest BCUT2D eigenvalue weighted by Gasteiger charge is 2.47. The van der Waals surface area contributed by atoms with Crippen LogP contribution in [0.2, 0.25) is 18.1 Å². The van der Waals surface area contributed by atoms with Crippen LogP contribution in [0, 0.1) is 18.8 Å². The number of nitrogens with zero attached hydrogens (tertiary/aromatic N) is 2. The lowest BCUT2D eigenvalue weighted by Gasteiger charge is -2.49. The molecule has 0 bridgehead atoms. The van der Waals surface area contributed by atoms with E-state index in [-0.39, 0.29) is 65.7 Å². The van der Waals surface area contributed by atoms with Crippen molar-refractivity contribution in [2.75, 3.05) is 6.61 Å². The molecule has 57 heavy (non-hydrogen) atoms. The van der Waals surface area contributed by atoms with E-state index in [4.69, 9.17) is 37.2 Å². The molecule has 9 atom stereocenters. The quantitative estimate of drug-likeness (QED) is 0.115. The molecule has 3 aliphatic heterocycles. The second-order valence-electron chi connectivity index (χ2n) is 18.1. The third-order valence-electron chi connectivity index (χ3n) is 12.2. The smallest absolute Gasteiger partial charge is 0.218 e. The number of rotatable bonds is 14. The molecule has 1 aromatic carbocycles. The Kier molecular flexibility index (Phi) is 14.1. The van der Waals surface area contributed by atoms with Gasteiger partial charge >= 0.3 is 0 Å². The second kappa shape index (κ2) is 18.6. The predicted octanol–water partition coefficient (Wildman–Crippen LogP) is 10.4. The normalized spacial score (nSPS) is 29.4. The maximum Gasteiger partial charge on any atom is 0.218 e. The Bertz CT molecular complexity index is 1860. The Balaban J connectivity index is 1.07. The molecule has 6 rings (SSSR count). The van der Waals surface area contributed by atoms with Crippen LogP contribution in [0.5, 0.6) is 0 Å². The first kappa shape index (κ1) is 43.1. The third kappa shape index (κ3) is 11.4. The van der Waals surface area contributed by atoms with Gasteiger partial charge < -0.3 is 32.2 Å². The molecule has 3 fully saturated rings. The van der Waals surface area contributed by atoms with Crippen LogP contribution in [0.15, 0.2) is 75.5 Å². The van der Waals surface area contributed by atoms with E-state index >= 15 is 0 Å². The molecule has 11 heteroatoms. The van der Waals surface area contributed by atoms with E-state index in [2.05, 4.69) is 90.5 Å². The van der Waals surface area contributed by atoms with Crippen molar-refractivity contribution in [2.45, 2.75) is 154 Å². The molecule has 0 saturated carbocycles. The van der Waals surface area contributed by atoms with E-state index < -0.39 is 14.4 Å². The Morgan fingerprint density at radius 3 is 2.40 bits per heavy atom. The summed E-state index contributed by atoms with van der Waals surface area (Å²) in [5.41, 5.74) is 4.76. The van der Waals surface area contributed by atoms with Crippen LogP contribution in [0.25, 0.3) is 12.2 Å². The molecule has 0 amide bonds. The highest BCUT2D eigenvalue weighted by atomic mass is 28.4. The standard InChI is InChI=1S/C46H64N2O8Si/c1-29-19-37(53-39(20-29)27-50-25-34-15-12-11-13-16-34)24-38-22-36(49)23-42(54-38)40-28-52-43(48-40)18-14-17-41-31(3)45(56-57(9,10)46(6,7)8)32(4)44(55-41)30(2)21-35-26-51-33(5)47-35/h11-16,18,21,26,28,31-32,37-39,41-42,44-45H,1,17,19-20,22-25,27H2,2-10H3/b18-14+,30-21+/t31-,32-,37+,38+,39+,41+,42-,44-,45-/m0/s1. The monoisotopic (exact) mass is 800 g/mol. The van der Waals surface area contributed by atoms with Gasteiger partial charge in [-0.1, -0.05) is 83.2 Å². The average Bonchev–Trinajstić information content (AvgIpc) is 3.79. The molecular weight excluding hydrogens is 737 g/mol. The van der Waals surface area contributed by atoms with Crippen molar-refractivity contribution in [1.82, 2.24) is 9.97 Å². The van der Waals surface area contributed by atoms with Crippen molar-refractivity contribution in [3.8, 4) is 0 Å². The summed E-state index contributed by atoms with van der Waals surface area (Å²) < 4.78 is 44.3. The number of aryl methyl sites for hydroxylation is 1. The number of oxazole rings is 2. The topological polar surface area (TPSA) is 115 Å². The third-order valence-corrected chi connectivity index (χ3v) is 16.7. The first-order valence-electron chi connectivity index (χ1n) is 20.7. The lowest BCUT2D eigenvalue weighted by molar-refractivity contribution is -0.143. The summed E-state index contributed by atoms with van der Waals surface area (Å²) in [6.45, 7) is 25.2. The Morgan fingerprint density at radius 1 is 0.947 bits per heavy atom. The number of hydrogen-bond acceptors (Lipinski definition) is 10. The Hall–Kier alpha value is -3.45. The number of carbonyl (C=O) groups excluding carboxylic acids is 1. The van der Waals surface area contributed by atoms with Gasteiger partial charge in [0.05, 0.1) is 49.8 Å². The van der Waals surface area contributed by atoms with E-state index in [1.54, 1.807) is 12.5 Å². The van der Waals surface area contributed by atoms with Crippen molar-refractivity contribution in [1.29, 1.82) is 0 Å². The summed E-state index contributed by atoms with van der Waals surface area (Å²) >= 11 is 0. The fourth-order valence-corrected chi connectivity index (χ4v) is 9.57. The number of ether oxygens (including phenoxy) is 4. The molecular formula is C46H64N2O8Si. The highest BCUT2D eigenvalue weighted by Crippen LogP contribution is 2.44. The molecule has 0 unspecified atom stereocenters. The zero-order chi connectivity index (χ0) is 40.9. The summed E-state index contributed by atoms with van der Waals surface area (Å²) in [5, 5.41) is 0.0775. The van der Waals surface area contributed by atoms with Crippen LogP contribution in [0.3, 0.4) is 0 Å². The summed E-state index contributed by atoms with van der Waals surface area (Å²) in [4.78, 5) is 22.2. The van der Waals surface area contributed by atoms with Crippen LogP contribution >= 0.6 is 0 Å². The van der Waals surface area contributed by atoms with Crippen LogP contribution in [0.4, 0.5) is 0 Å². The summed E-state index contributed by atoms with van der Waals surface area (Å²) in [5.74, 6) is 1.54. The summed E-state index contributed by atoms with van der Waals surface area (Å²) in [7, 11) is -2.08. The van der Waals surface area contributed by atoms with Crippen molar-refractivity contribution in [3.05, 3.63) is 95.4 Å². The van der Waals surface area contributed by atoms with Gasteiger partial charge in [0.25, 0.3) is 0 Å². The van der Waals surface area contributed by atoms with Gasteiger partial charge in [-0.3, -0.25) is 4.79 Å². The molecule has 310 valence electrons. The molecule has 10 nitrogen and oxygen atoms in total. The number of benzene rings is 1. The minimum Gasteiger partial charge on any atom is -0.449 e. The van der Waals surface area contributed by atoms with Crippen molar-refractivity contribution in [2.24, 2.45) is 11.8 Å². The summed E-state index contributed by atoms with van der Waals surface area (Å²) in [6, 6.07) is 10.1. The zero-order valence-electron chi connectivity index (χ0n) is 35.5. The lowest BCUT2D eigenvalue weighted by Crippen LogP contribution is -2.55. The SMILES string of the molecule is C=C1C[C@H](C[C@H]2CC(=O)C[C@@H](c3coc(/C=C/C[C@H]4O[C@@H](/C(C)=C/c5coc(C)n5)[C@H](C)[C@@H](O[Si](C)(C)C(C)(C)C)[C@H]4C)n3)O2)O[C@@H](COCc2ccccc2)C1. The second-order valence-corrected chi connectivity index (χ2v) is 22.8. The number of ketones is 1. The molecule has 0 spiro atoms. The minimum absolute atomic E-state index is 0.0173. The first-order chi connectivity index (χ1) is 27.0. The van der Waals surface area contributed by atoms with Gasteiger partial charge in [0.2, 0.25) is 5.89 Å². The van der Waals surface area contributed by atoms with E-state index in [0.717, 1.165) is 35.2 Å². The van der Waals surface area contributed by atoms with Gasteiger partial charge in [0.15, 0.2) is 14.2 Å². The fourth-order valence-electron chi connectivity index (χ4n) is 8.11. The van der Waals surface area contributed by atoms with Gasteiger partial charge in [-0.25, -0.2) is 9.97 Å². The number of Topliss-reactive ketones (excluding diaryl/α,β-unsaturated/α-hetero) is 1. The fraction of sp³-hybridized carbons (Fsp3) is 0.587. The van der Waals surface area contributed by atoms with Crippen molar-refractivity contribution in [3.63, 3.8) is 0 Å². The molecule has 0 aliphatic carbocycles. The Labute approximate surface area is 340 Å². The van der Waals surface area contributed by atoms with Gasteiger partial charge in [0.1, 0.15) is 35.8 Å². The minimum atomic E-state index is -2.08. The molecule has 0 N–H and O–H groups in total. The Morgan fingerprint density at radius 2 is 1.68 bits per heavy atom. The predicted molar refractivity (Wildman–Crippen MR) is 224 cm³/mol. The molecule has 3 saturated heterocycles.